The summed E-state index contributed by atoms with van der Waals surface area (Å²) in [5.74, 6) is 0.315. The Hall–Kier alpha value is -0.660. The molecule has 0 aliphatic carbocycles. The number of piperidine rings is 1. The van der Waals surface area contributed by atoms with Crippen LogP contribution in [0.15, 0.2) is 0 Å². The number of carbonyl (C=O) groups excluding carboxylic acids is 1. The molecule has 1 rings (SSSR count). The van der Waals surface area contributed by atoms with Crippen molar-refractivity contribution in [1.29, 1.82) is 0 Å². The number of nitrogens with zero attached hydrogens (tertiary/aromatic N) is 2. The summed E-state index contributed by atoms with van der Waals surface area (Å²) in [5.41, 5.74) is 0. The quantitative estimate of drug-likeness (QED) is 0.692. The van der Waals surface area contributed by atoms with Gasteiger partial charge in [-0.1, -0.05) is 0 Å². The molecule has 0 aromatic rings. The van der Waals surface area contributed by atoms with Crippen molar-refractivity contribution in [3.8, 4) is 0 Å². The van der Waals surface area contributed by atoms with Crippen molar-refractivity contribution in [3.63, 3.8) is 0 Å². The van der Waals surface area contributed by atoms with Gasteiger partial charge in [0.15, 0.2) is 0 Å². The molecule has 19 heavy (non-hydrogen) atoms. The van der Waals surface area contributed by atoms with E-state index in [0.717, 1.165) is 25.9 Å². The molecule has 0 radical (unpaired) electrons. The molecule has 1 saturated heterocycles. The molecule has 6 nitrogen and oxygen atoms in total. The molecule has 0 bridgehead atoms. The van der Waals surface area contributed by atoms with Crippen molar-refractivity contribution in [1.82, 2.24) is 15.1 Å². The molecule has 7 heteroatoms. The average molecular weight is 291 g/mol. The fourth-order valence-corrected chi connectivity index (χ4v) is 2.56. The van der Waals surface area contributed by atoms with E-state index in [1.807, 2.05) is 0 Å². The van der Waals surface area contributed by atoms with Crippen molar-refractivity contribution in [2.24, 2.45) is 0 Å². The van der Waals surface area contributed by atoms with E-state index in [0.29, 0.717) is 19.1 Å². The first kappa shape index (κ1) is 16.4. The van der Waals surface area contributed by atoms with Crippen molar-refractivity contribution < 1.29 is 13.2 Å². The van der Waals surface area contributed by atoms with E-state index < -0.39 is 9.84 Å². The zero-order chi connectivity index (χ0) is 14.5. The lowest BCUT2D eigenvalue weighted by Crippen LogP contribution is -2.46. The van der Waals surface area contributed by atoms with Crippen LogP contribution in [0.4, 0.5) is 0 Å². The molecule has 0 aromatic carbocycles. The van der Waals surface area contributed by atoms with E-state index in [2.05, 4.69) is 10.2 Å². The third-order valence-corrected chi connectivity index (χ3v) is 4.30. The summed E-state index contributed by atoms with van der Waals surface area (Å²) >= 11 is 0. The molecule has 112 valence electrons. The van der Waals surface area contributed by atoms with Crippen molar-refractivity contribution in [2.45, 2.75) is 18.9 Å². The van der Waals surface area contributed by atoms with Crippen molar-refractivity contribution in [3.05, 3.63) is 0 Å². The molecule has 1 fully saturated rings. The molecule has 1 aliphatic heterocycles. The van der Waals surface area contributed by atoms with E-state index >= 15 is 0 Å². The van der Waals surface area contributed by atoms with E-state index in [1.54, 1.807) is 19.0 Å². The normalized spacial score (nSPS) is 18.5. The fourth-order valence-electron chi connectivity index (χ4n) is 2.08. The number of nitrogens with one attached hydrogen (secondary N) is 1. The van der Waals surface area contributed by atoms with Crippen LogP contribution in [0.2, 0.25) is 0 Å². The van der Waals surface area contributed by atoms with Gasteiger partial charge in [-0.3, -0.25) is 9.69 Å². The number of likely N-dealkylation sites (N-methyl/N-ethyl adjacent to an activating group) is 1. The summed E-state index contributed by atoms with van der Waals surface area (Å²) < 4.78 is 22.0. The number of hydrogen-bond donors (Lipinski definition) is 1. The minimum atomic E-state index is -2.88. The number of amides is 1. The standard InChI is InChI=1S/C12H25N3O3S/c1-14(2)12(16)10-15-7-4-11(5-8-15)13-6-9-19(3,17)18/h11,13H,4-10H2,1-3H3. The van der Waals surface area contributed by atoms with Crippen molar-refractivity contribution >= 4 is 15.7 Å². The zero-order valence-corrected chi connectivity index (χ0v) is 12.9. The van der Waals surface area contributed by atoms with Crippen LogP contribution in [0.25, 0.3) is 0 Å². The van der Waals surface area contributed by atoms with Crippen LogP contribution >= 0.6 is 0 Å². The summed E-state index contributed by atoms with van der Waals surface area (Å²) in [4.78, 5) is 15.3. The van der Waals surface area contributed by atoms with Gasteiger partial charge >= 0.3 is 0 Å². The van der Waals surface area contributed by atoms with Gasteiger partial charge < -0.3 is 10.2 Å². The maximum Gasteiger partial charge on any atom is 0.236 e. The van der Waals surface area contributed by atoms with Gasteiger partial charge in [-0.2, -0.15) is 0 Å². The van der Waals surface area contributed by atoms with Crippen LogP contribution in [0, 0.1) is 0 Å². The fraction of sp³-hybridized carbons (Fsp3) is 0.917. The molecule has 0 unspecified atom stereocenters. The van der Waals surface area contributed by atoms with Crippen molar-refractivity contribution in [2.75, 3.05) is 52.3 Å². The zero-order valence-electron chi connectivity index (χ0n) is 12.1. The minimum Gasteiger partial charge on any atom is -0.348 e. The van der Waals surface area contributed by atoms with Gasteiger partial charge in [0.25, 0.3) is 0 Å². The van der Waals surface area contributed by atoms with Crippen LogP contribution in [-0.2, 0) is 14.6 Å². The molecule has 1 heterocycles. The highest BCUT2D eigenvalue weighted by Crippen LogP contribution is 2.10. The largest absolute Gasteiger partial charge is 0.348 e. The Morgan fingerprint density at radius 2 is 1.89 bits per heavy atom. The highest BCUT2D eigenvalue weighted by molar-refractivity contribution is 7.90. The Balaban J connectivity index is 2.20. The Bertz CT molecular complexity index is 387. The molecule has 1 aliphatic rings. The number of carbonyl (C=O) groups is 1. The maximum atomic E-state index is 11.6. The Morgan fingerprint density at radius 3 is 2.37 bits per heavy atom. The summed E-state index contributed by atoms with van der Waals surface area (Å²) in [6.45, 7) is 2.76. The summed E-state index contributed by atoms with van der Waals surface area (Å²) in [6.07, 6.45) is 3.18. The van der Waals surface area contributed by atoms with Gasteiger partial charge in [0.1, 0.15) is 9.84 Å². The average Bonchev–Trinajstić information content (AvgIpc) is 2.29. The molecule has 1 N–H and O–H groups in total. The molecule has 0 spiro atoms. The topological polar surface area (TPSA) is 69.7 Å². The molecular formula is C12H25N3O3S. The SMILES string of the molecule is CN(C)C(=O)CN1CCC(NCCS(C)(=O)=O)CC1. The first-order chi connectivity index (χ1) is 8.78. The van der Waals surface area contributed by atoms with E-state index in [1.165, 1.54) is 6.26 Å². The predicted octanol–water partition coefficient (Wildman–Crippen LogP) is -0.827. The summed E-state index contributed by atoms with van der Waals surface area (Å²) in [7, 11) is 0.647. The second-order valence-corrected chi connectivity index (χ2v) is 7.68. The van der Waals surface area contributed by atoms with Gasteiger partial charge in [-0.05, 0) is 12.8 Å². The minimum absolute atomic E-state index is 0.128. The lowest BCUT2D eigenvalue weighted by molar-refractivity contribution is -0.130. The van der Waals surface area contributed by atoms with Crippen LogP contribution < -0.4 is 5.32 Å². The molecule has 0 atom stereocenters. The monoisotopic (exact) mass is 291 g/mol. The van der Waals surface area contributed by atoms with E-state index in [-0.39, 0.29) is 11.7 Å². The number of rotatable bonds is 6. The Labute approximate surface area is 116 Å². The van der Waals surface area contributed by atoms with Gasteiger partial charge in [0.05, 0.1) is 12.3 Å². The van der Waals surface area contributed by atoms with E-state index in [4.69, 9.17) is 0 Å². The van der Waals surface area contributed by atoms with Gasteiger partial charge in [0.2, 0.25) is 5.91 Å². The number of likely N-dealkylation sites (tertiary alicyclic amines) is 1. The van der Waals surface area contributed by atoms with E-state index in [9.17, 15) is 13.2 Å². The first-order valence-corrected chi connectivity index (χ1v) is 8.67. The Kier molecular flexibility index (Phi) is 6.22. The second kappa shape index (κ2) is 7.21. The number of hydrogen-bond acceptors (Lipinski definition) is 5. The van der Waals surface area contributed by atoms with Crippen LogP contribution in [-0.4, -0.2) is 82.4 Å². The highest BCUT2D eigenvalue weighted by Gasteiger charge is 2.21. The Morgan fingerprint density at radius 1 is 1.32 bits per heavy atom. The van der Waals surface area contributed by atoms with Gasteiger partial charge in [0, 0.05) is 46.0 Å². The second-order valence-electron chi connectivity index (χ2n) is 5.42. The summed E-state index contributed by atoms with van der Waals surface area (Å²) in [5, 5.41) is 3.27. The van der Waals surface area contributed by atoms with Gasteiger partial charge in [-0.15, -0.1) is 0 Å². The number of sulfone groups is 1. The van der Waals surface area contributed by atoms with Gasteiger partial charge in [-0.25, -0.2) is 8.42 Å². The maximum absolute atomic E-state index is 11.6. The highest BCUT2D eigenvalue weighted by atomic mass is 32.2. The third-order valence-electron chi connectivity index (χ3n) is 3.35. The molecule has 0 saturated carbocycles. The lowest BCUT2D eigenvalue weighted by Gasteiger charge is -2.32. The predicted molar refractivity (Wildman–Crippen MR) is 75.9 cm³/mol. The smallest absolute Gasteiger partial charge is 0.236 e. The summed E-state index contributed by atoms with van der Waals surface area (Å²) in [6, 6.07) is 0.368. The third kappa shape index (κ3) is 6.89. The van der Waals surface area contributed by atoms with Crippen LogP contribution in [0.3, 0.4) is 0 Å². The van der Waals surface area contributed by atoms with Crippen LogP contribution in [0.1, 0.15) is 12.8 Å². The molecular weight excluding hydrogens is 266 g/mol. The molecule has 1 amide bonds. The first-order valence-electron chi connectivity index (χ1n) is 6.61. The lowest BCUT2D eigenvalue weighted by atomic mass is 10.1. The van der Waals surface area contributed by atoms with Crippen LogP contribution in [0.5, 0.6) is 0 Å². The molecule has 0 aromatic heterocycles.